The van der Waals surface area contributed by atoms with E-state index < -0.39 is 0 Å². The Morgan fingerprint density at radius 2 is 2.12 bits per heavy atom. The Kier molecular flexibility index (Phi) is 4.59. The van der Waals surface area contributed by atoms with Crippen LogP contribution in [0.1, 0.15) is 25.5 Å². The maximum Gasteiger partial charge on any atom is 0.409 e. The molecule has 0 aromatic carbocycles. The summed E-state index contributed by atoms with van der Waals surface area (Å²) in [5.74, 6) is 0.520. The highest BCUT2D eigenvalue weighted by Gasteiger charge is 2.27. The molecule has 130 valence electrons. The molecule has 1 fully saturated rings. The fraction of sp³-hybridized carbons (Fsp3) is 0.588. The summed E-state index contributed by atoms with van der Waals surface area (Å²) >= 11 is 0. The van der Waals surface area contributed by atoms with Crippen LogP contribution in [-0.2, 0) is 11.8 Å². The van der Waals surface area contributed by atoms with Crippen LogP contribution in [-0.4, -0.2) is 52.0 Å². The number of hydrogen-bond acceptors (Lipinski definition) is 5. The van der Waals surface area contributed by atoms with Gasteiger partial charge in [-0.25, -0.2) is 9.78 Å². The number of hydrogen-bond donors (Lipinski definition) is 1. The van der Waals surface area contributed by atoms with Crippen molar-refractivity contribution in [3.8, 4) is 0 Å². The van der Waals surface area contributed by atoms with E-state index in [0.717, 1.165) is 48.3 Å². The molecule has 7 heteroatoms. The van der Waals surface area contributed by atoms with Gasteiger partial charge in [0.05, 0.1) is 18.7 Å². The highest BCUT2D eigenvalue weighted by molar-refractivity contribution is 5.89. The molecule has 1 saturated heterocycles. The number of carbonyl (C=O) groups excluding carboxylic acids is 1. The van der Waals surface area contributed by atoms with Gasteiger partial charge >= 0.3 is 6.09 Å². The predicted molar refractivity (Wildman–Crippen MR) is 93.0 cm³/mol. The van der Waals surface area contributed by atoms with Crippen molar-refractivity contribution < 1.29 is 9.53 Å². The highest BCUT2D eigenvalue weighted by atomic mass is 16.5. The average molecular weight is 331 g/mol. The number of aryl methyl sites for hydroxylation is 2. The van der Waals surface area contributed by atoms with E-state index in [2.05, 4.69) is 28.4 Å². The number of amides is 1. The van der Waals surface area contributed by atoms with Crippen molar-refractivity contribution in [3.63, 3.8) is 0 Å². The lowest BCUT2D eigenvalue weighted by atomic mass is 9.90. The van der Waals surface area contributed by atoms with Crippen LogP contribution >= 0.6 is 0 Å². The normalized spacial score (nSPS) is 17.1. The molecule has 0 radical (unpaired) electrons. The van der Waals surface area contributed by atoms with Crippen molar-refractivity contribution >= 4 is 22.8 Å². The van der Waals surface area contributed by atoms with Crippen LogP contribution in [0.3, 0.4) is 0 Å². The molecule has 1 unspecified atom stereocenters. The summed E-state index contributed by atoms with van der Waals surface area (Å²) in [5.41, 5.74) is 2.94. The number of fused-ring (bicyclic) bond motifs is 1. The third-order valence-electron chi connectivity index (χ3n) is 4.90. The largest absolute Gasteiger partial charge is 0.453 e. The van der Waals surface area contributed by atoms with Gasteiger partial charge < -0.3 is 15.0 Å². The number of likely N-dealkylation sites (tertiary alicyclic amines) is 1. The molecule has 0 bridgehead atoms. The van der Waals surface area contributed by atoms with Gasteiger partial charge in [-0.05, 0) is 38.7 Å². The van der Waals surface area contributed by atoms with E-state index in [1.807, 2.05) is 20.2 Å². The molecule has 2 aromatic rings. The van der Waals surface area contributed by atoms with Crippen molar-refractivity contribution in [1.29, 1.82) is 0 Å². The van der Waals surface area contributed by atoms with Gasteiger partial charge in [-0.1, -0.05) is 0 Å². The SMILES string of the molecule is COC(=O)N1CCC(C(C)Nc2cc(C)nc3c2cnn3C)CC1. The Morgan fingerprint density at radius 3 is 2.79 bits per heavy atom. The van der Waals surface area contributed by atoms with E-state index in [1.54, 1.807) is 9.58 Å². The number of methoxy groups -OCH3 is 1. The van der Waals surface area contributed by atoms with E-state index in [1.165, 1.54) is 7.11 Å². The predicted octanol–water partition coefficient (Wildman–Crippen LogP) is 2.56. The standard InChI is InChI=1S/C17H25N5O2/c1-11-9-15(14-10-18-21(3)16(14)19-11)20-12(2)13-5-7-22(8-6-13)17(23)24-4/h9-10,12-13H,5-8H2,1-4H3,(H,19,20). The first-order chi connectivity index (χ1) is 11.5. The molecular formula is C17H25N5O2. The van der Waals surface area contributed by atoms with E-state index >= 15 is 0 Å². The molecule has 1 N–H and O–H groups in total. The Labute approximate surface area is 142 Å². The van der Waals surface area contributed by atoms with Crippen LogP contribution < -0.4 is 5.32 Å². The van der Waals surface area contributed by atoms with Crippen LogP contribution in [0.5, 0.6) is 0 Å². The lowest BCUT2D eigenvalue weighted by molar-refractivity contribution is 0.104. The number of pyridine rings is 1. The van der Waals surface area contributed by atoms with Crippen molar-refractivity contribution in [2.75, 3.05) is 25.5 Å². The van der Waals surface area contributed by atoms with Gasteiger partial charge in [-0.15, -0.1) is 0 Å². The monoisotopic (exact) mass is 331 g/mol. The first-order valence-electron chi connectivity index (χ1n) is 8.38. The third-order valence-corrected chi connectivity index (χ3v) is 4.90. The molecule has 3 rings (SSSR count). The van der Waals surface area contributed by atoms with E-state index in [-0.39, 0.29) is 6.09 Å². The summed E-state index contributed by atoms with van der Waals surface area (Å²) in [4.78, 5) is 17.9. The molecule has 1 aliphatic heterocycles. The van der Waals surface area contributed by atoms with Crippen LogP contribution in [0.25, 0.3) is 11.0 Å². The number of nitrogens with zero attached hydrogens (tertiary/aromatic N) is 4. The smallest absolute Gasteiger partial charge is 0.409 e. The second-order valence-corrected chi connectivity index (χ2v) is 6.54. The van der Waals surface area contributed by atoms with E-state index in [4.69, 9.17) is 4.74 Å². The molecule has 0 spiro atoms. The number of piperidine rings is 1. The zero-order valence-corrected chi connectivity index (χ0v) is 14.7. The zero-order valence-electron chi connectivity index (χ0n) is 14.7. The summed E-state index contributed by atoms with van der Waals surface area (Å²) in [6.45, 7) is 5.70. The molecule has 24 heavy (non-hydrogen) atoms. The van der Waals surface area contributed by atoms with Crippen molar-refractivity contribution in [3.05, 3.63) is 18.0 Å². The van der Waals surface area contributed by atoms with E-state index in [0.29, 0.717) is 12.0 Å². The topological polar surface area (TPSA) is 72.3 Å². The Bertz CT molecular complexity index is 734. The summed E-state index contributed by atoms with van der Waals surface area (Å²) < 4.78 is 6.60. The first kappa shape index (κ1) is 16.5. The summed E-state index contributed by atoms with van der Waals surface area (Å²) in [7, 11) is 3.34. The molecule has 1 amide bonds. The fourth-order valence-electron chi connectivity index (χ4n) is 3.43. The number of rotatable bonds is 3. The van der Waals surface area contributed by atoms with Crippen molar-refractivity contribution in [2.45, 2.75) is 32.7 Å². The maximum atomic E-state index is 11.6. The first-order valence-corrected chi connectivity index (χ1v) is 8.38. The number of ether oxygens (including phenoxy) is 1. The van der Waals surface area contributed by atoms with E-state index in [9.17, 15) is 4.79 Å². The molecular weight excluding hydrogens is 306 g/mol. The Hall–Kier alpha value is -2.31. The average Bonchev–Trinajstić information content (AvgIpc) is 2.95. The van der Waals surface area contributed by atoms with Gasteiger partial charge in [0.15, 0.2) is 5.65 Å². The minimum Gasteiger partial charge on any atom is -0.453 e. The number of aromatic nitrogens is 3. The van der Waals surface area contributed by atoms with Crippen LogP contribution in [0.4, 0.5) is 10.5 Å². The maximum absolute atomic E-state index is 11.6. The number of carbonyl (C=O) groups is 1. The molecule has 0 aliphatic carbocycles. The van der Waals surface area contributed by atoms with Gasteiger partial charge in [0.2, 0.25) is 0 Å². The second-order valence-electron chi connectivity index (χ2n) is 6.54. The highest BCUT2D eigenvalue weighted by Crippen LogP contribution is 2.27. The molecule has 0 saturated carbocycles. The lowest BCUT2D eigenvalue weighted by Gasteiger charge is -2.34. The second kappa shape index (κ2) is 6.67. The summed E-state index contributed by atoms with van der Waals surface area (Å²) in [5, 5.41) is 8.99. The lowest BCUT2D eigenvalue weighted by Crippen LogP contribution is -2.42. The summed E-state index contributed by atoms with van der Waals surface area (Å²) in [6.07, 6.45) is 3.58. The van der Waals surface area contributed by atoms with Gasteiger partial charge in [0, 0.05) is 37.6 Å². The third kappa shape index (κ3) is 3.16. The van der Waals surface area contributed by atoms with Gasteiger partial charge in [0.1, 0.15) is 0 Å². The number of nitrogens with one attached hydrogen (secondary N) is 1. The minimum atomic E-state index is -0.226. The van der Waals surface area contributed by atoms with Gasteiger partial charge in [0.25, 0.3) is 0 Å². The number of anilines is 1. The molecule has 2 aromatic heterocycles. The summed E-state index contributed by atoms with van der Waals surface area (Å²) in [6, 6.07) is 2.39. The quantitative estimate of drug-likeness (QED) is 0.936. The van der Waals surface area contributed by atoms with Crippen LogP contribution in [0.15, 0.2) is 12.3 Å². The van der Waals surface area contributed by atoms with Gasteiger partial charge in [-0.2, -0.15) is 5.10 Å². The Balaban J connectivity index is 1.70. The van der Waals surface area contributed by atoms with Crippen LogP contribution in [0, 0.1) is 12.8 Å². The zero-order chi connectivity index (χ0) is 17.3. The fourth-order valence-corrected chi connectivity index (χ4v) is 3.43. The Morgan fingerprint density at radius 1 is 1.42 bits per heavy atom. The molecule has 7 nitrogen and oxygen atoms in total. The van der Waals surface area contributed by atoms with Gasteiger partial charge in [-0.3, -0.25) is 4.68 Å². The van der Waals surface area contributed by atoms with Crippen molar-refractivity contribution in [1.82, 2.24) is 19.7 Å². The van der Waals surface area contributed by atoms with Crippen molar-refractivity contribution in [2.24, 2.45) is 13.0 Å². The van der Waals surface area contributed by atoms with Crippen LogP contribution in [0.2, 0.25) is 0 Å². The minimum absolute atomic E-state index is 0.226. The molecule has 1 aliphatic rings. The molecule has 1 atom stereocenters. The molecule has 3 heterocycles.